The van der Waals surface area contributed by atoms with Crippen molar-refractivity contribution in [2.45, 2.75) is 31.3 Å². The molecule has 29 heavy (non-hydrogen) atoms. The Labute approximate surface area is 170 Å². The zero-order valence-corrected chi connectivity index (χ0v) is 17.3. The quantitative estimate of drug-likeness (QED) is 0.780. The fraction of sp³-hybridized carbons (Fsp3) is 0.381. The number of rotatable bonds is 6. The van der Waals surface area contributed by atoms with Crippen LogP contribution in [-0.2, 0) is 19.6 Å². The molecule has 156 valence electrons. The molecule has 0 aliphatic carbocycles. The van der Waals surface area contributed by atoms with Gasteiger partial charge in [-0.3, -0.25) is 4.79 Å². The van der Waals surface area contributed by atoms with Crippen molar-refractivity contribution < 1.29 is 22.3 Å². The molecule has 3 rings (SSSR count). The molecule has 1 N–H and O–H groups in total. The van der Waals surface area contributed by atoms with Crippen LogP contribution in [0.15, 0.2) is 47.4 Å². The molecule has 1 unspecified atom stereocenters. The molecule has 0 spiro atoms. The molecule has 0 saturated carbocycles. The first-order valence-corrected chi connectivity index (χ1v) is 11.0. The van der Waals surface area contributed by atoms with Crippen LogP contribution in [0.4, 0.5) is 4.39 Å². The van der Waals surface area contributed by atoms with Crippen LogP contribution in [0.2, 0.25) is 0 Å². The van der Waals surface area contributed by atoms with Crippen molar-refractivity contribution in [2.24, 2.45) is 0 Å². The van der Waals surface area contributed by atoms with E-state index in [1.807, 2.05) is 13.8 Å². The van der Waals surface area contributed by atoms with E-state index >= 15 is 0 Å². The van der Waals surface area contributed by atoms with Crippen LogP contribution in [0, 0.1) is 19.7 Å². The topological polar surface area (TPSA) is 75.7 Å². The van der Waals surface area contributed by atoms with Gasteiger partial charge in [0.1, 0.15) is 11.9 Å². The Hall–Kier alpha value is -2.29. The van der Waals surface area contributed by atoms with Crippen LogP contribution in [0.25, 0.3) is 0 Å². The van der Waals surface area contributed by atoms with Crippen LogP contribution in [-0.4, -0.2) is 45.5 Å². The molecule has 1 atom stereocenters. The molecule has 1 heterocycles. The number of carbonyl (C=O) groups is 1. The van der Waals surface area contributed by atoms with E-state index in [0.717, 1.165) is 16.7 Å². The van der Waals surface area contributed by atoms with E-state index in [0.29, 0.717) is 19.7 Å². The molecule has 1 fully saturated rings. The normalized spacial score (nSPS) is 17.3. The Morgan fingerprint density at radius 2 is 1.90 bits per heavy atom. The van der Waals surface area contributed by atoms with Gasteiger partial charge in [0.2, 0.25) is 15.9 Å². The second kappa shape index (κ2) is 9.02. The van der Waals surface area contributed by atoms with Crippen molar-refractivity contribution in [2.75, 3.05) is 26.2 Å². The lowest BCUT2D eigenvalue weighted by Crippen LogP contribution is -2.43. The number of sulfonamides is 1. The van der Waals surface area contributed by atoms with Crippen molar-refractivity contribution in [1.82, 2.24) is 9.62 Å². The second-order valence-electron chi connectivity index (χ2n) is 7.14. The SMILES string of the molecule is Cc1ccc(S(=O)(=O)NCCC(=O)N2CCOC(c3ccc(F)cc3)C2)cc1C. The highest BCUT2D eigenvalue weighted by molar-refractivity contribution is 7.89. The molecule has 8 heteroatoms. The zero-order valence-electron chi connectivity index (χ0n) is 16.5. The van der Waals surface area contributed by atoms with Crippen LogP contribution in [0.5, 0.6) is 0 Å². The van der Waals surface area contributed by atoms with Crippen molar-refractivity contribution in [3.05, 3.63) is 65.0 Å². The summed E-state index contributed by atoms with van der Waals surface area (Å²) < 4.78 is 46.1. The third-order valence-corrected chi connectivity index (χ3v) is 6.54. The van der Waals surface area contributed by atoms with Gasteiger partial charge in [-0.2, -0.15) is 0 Å². The van der Waals surface area contributed by atoms with Gasteiger partial charge in [0, 0.05) is 19.5 Å². The largest absolute Gasteiger partial charge is 0.370 e. The minimum absolute atomic E-state index is 0.0205. The Morgan fingerprint density at radius 3 is 2.59 bits per heavy atom. The molecule has 1 aliphatic heterocycles. The number of aryl methyl sites for hydroxylation is 2. The van der Waals surface area contributed by atoms with E-state index in [4.69, 9.17) is 4.74 Å². The highest BCUT2D eigenvalue weighted by atomic mass is 32.2. The number of halogens is 1. The molecule has 0 radical (unpaired) electrons. The first-order chi connectivity index (χ1) is 13.8. The zero-order chi connectivity index (χ0) is 21.0. The van der Waals surface area contributed by atoms with Gasteiger partial charge in [0.15, 0.2) is 0 Å². The molecule has 2 aromatic carbocycles. The number of nitrogens with zero attached hydrogens (tertiary/aromatic N) is 1. The average molecular weight is 421 g/mol. The molecule has 0 bridgehead atoms. The van der Waals surface area contributed by atoms with E-state index in [9.17, 15) is 17.6 Å². The first-order valence-electron chi connectivity index (χ1n) is 9.48. The molecule has 0 aromatic heterocycles. The van der Waals surface area contributed by atoms with Crippen molar-refractivity contribution >= 4 is 15.9 Å². The fourth-order valence-electron chi connectivity index (χ4n) is 3.17. The third-order valence-electron chi connectivity index (χ3n) is 5.08. The van der Waals surface area contributed by atoms with Crippen molar-refractivity contribution in [3.8, 4) is 0 Å². The number of hydrogen-bond acceptors (Lipinski definition) is 4. The minimum atomic E-state index is -3.66. The summed E-state index contributed by atoms with van der Waals surface area (Å²) in [5, 5.41) is 0. The molecule has 1 aliphatic rings. The Morgan fingerprint density at radius 1 is 1.17 bits per heavy atom. The van der Waals surface area contributed by atoms with Gasteiger partial charge in [-0.05, 0) is 54.8 Å². The highest BCUT2D eigenvalue weighted by Gasteiger charge is 2.25. The van der Waals surface area contributed by atoms with E-state index in [1.165, 1.54) is 12.1 Å². The summed E-state index contributed by atoms with van der Waals surface area (Å²) in [6.07, 6.45) is -0.263. The average Bonchev–Trinajstić information content (AvgIpc) is 2.70. The third kappa shape index (κ3) is 5.41. The highest BCUT2D eigenvalue weighted by Crippen LogP contribution is 2.23. The van der Waals surface area contributed by atoms with Crippen LogP contribution in [0.3, 0.4) is 0 Å². The van der Waals surface area contributed by atoms with E-state index in [2.05, 4.69) is 4.72 Å². The fourth-order valence-corrected chi connectivity index (χ4v) is 4.29. The molecule has 2 aromatic rings. The molecular formula is C21H25FN2O4S. The lowest BCUT2D eigenvalue weighted by Gasteiger charge is -2.33. The van der Waals surface area contributed by atoms with Gasteiger partial charge in [0.25, 0.3) is 0 Å². The van der Waals surface area contributed by atoms with Crippen molar-refractivity contribution in [1.29, 1.82) is 0 Å². The lowest BCUT2D eigenvalue weighted by molar-refractivity contribution is -0.138. The maximum Gasteiger partial charge on any atom is 0.240 e. The van der Waals surface area contributed by atoms with Gasteiger partial charge in [-0.15, -0.1) is 0 Å². The molecular weight excluding hydrogens is 395 g/mol. The summed E-state index contributed by atoms with van der Waals surface area (Å²) in [6, 6.07) is 11.0. The number of morpholine rings is 1. The van der Waals surface area contributed by atoms with Gasteiger partial charge in [0.05, 0.1) is 18.0 Å². The lowest BCUT2D eigenvalue weighted by atomic mass is 10.1. The predicted molar refractivity (Wildman–Crippen MR) is 107 cm³/mol. The maximum atomic E-state index is 13.1. The summed E-state index contributed by atoms with van der Waals surface area (Å²) in [5.74, 6) is -0.475. The van der Waals surface area contributed by atoms with Gasteiger partial charge >= 0.3 is 0 Å². The number of ether oxygens (including phenoxy) is 1. The molecule has 6 nitrogen and oxygen atoms in total. The molecule has 1 amide bonds. The van der Waals surface area contributed by atoms with Gasteiger partial charge < -0.3 is 9.64 Å². The summed E-state index contributed by atoms with van der Waals surface area (Å²) in [4.78, 5) is 14.4. The standard InChI is InChI=1S/C21H25FN2O4S/c1-15-3-8-19(13-16(15)2)29(26,27)23-10-9-21(25)24-11-12-28-20(14-24)17-4-6-18(22)7-5-17/h3-8,13,20,23H,9-12,14H2,1-2H3. The summed E-state index contributed by atoms with van der Waals surface area (Å²) in [7, 11) is -3.66. The van der Waals surface area contributed by atoms with Crippen LogP contribution >= 0.6 is 0 Å². The van der Waals surface area contributed by atoms with E-state index in [1.54, 1.807) is 35.2 Å². The minimum Gasteiger partial charge on any atom is -0.370 e. The van der Waals surface area contributed by atoms with Crippen molar-refractivity contribution in [3.63, 3.8) is 0 Å². The van der Waals surface area contributed by atoms with E-state index in [-0.39, 0.29) is 35.7 Å². The maximum absolute atomic E-state index is 13.1. The second-order valence-corrected chi connectivity index (χ2v) is 8.91. The first kappa shape index (κ1) is 21.4. The summed E-state index contributed by atoms with van der Waals surface area (Å²) in [6.45, 7) is 4.97. The number of hydrogen-bond donors (Lipinski definition) is 1. The smallest absolute Gasteiger partial charge is 0.240 e. The number of amides is 1. The number of benzene rings is 2. The van der Waals surface area contributed by atoms with E-state index < -0.39 is 10.0 Å². The Balaban J connectivity index is 1.54. The molecule has 1 saturated heterocycles. The van der Waals surface area contributed by atoms with Crippen LogP contribution in [0.1, 0.15) is 29.2 Å². The predicted octanol–water partition coefficient (Wildman–Crippen LogP) is 2.71. The number of carbonyl (C=O) groups excluding carboxylic acids is 1. The monoisotopic (exact) mass is 420 g/mol. The van der Waals surface area contributed by atoms with Gasteiger partial charge in [-0.25, -0.2) is 17.5 Å². The van der Waals surface area contributed by atoms with Gasteiger partial charge in [-0.1, -0.05) is 18.2 Å². The Kier molecular flexibility index (Phi) is 6.66. The number of nitrogens with one attached hydrogen (secondary N) is 1. The summed E-state index contributed by atoms with van der Waals surface area (Å²) >= 11 is 0. The summed E-state index contributed by atoms with van der Waals surface area (Å²) in [5.41, 5.74) is 2.71. The van der Waals surface area contributed by atoms with Crippen LogP contribution < -0.4 is 4.72 Å². The Bertz CT molecular complexity index is 977.